The number of carboxylic acids is 1. The molecule has 0 radical (unpaired) electrons. The van der Waals surface area contributed by atoms with Crippen LogP contribution >= 0.6 is 0 Å². The summed E-state index contributed by atoms with van der Waals surface area (Å²) < 4.78 is 18.7. The largest absolute Gasteiger partial charge is 0.481 e. The van der Waals surface area contributed by atoms with Crippen molar-refractivity contribution >= 4 is 12.0 Å². The topological polar surface area (TPSA) is 78.9 Å². The number of amides is 2. The van der Waals surface area contributed by atoms with Crippen molar-refractivity contribution in [1.29, 1.82) is 0 Å². The second kappa shape index (κ2) is 6.26. The lowest BCUT2D eigenvalue weighted by molar-refractivity contribution is -0.149. The second-order valence-corrected chi connectivity index (χ2v) is 7.34. The number of carboxylic acid groups (broad SMARTS) is 1. The number of carbonyl (C=O) groups excluding carboxylic acids is 1. The van der Waals surface area contributed by atoms with E-state index in [2.05, 4.69) is 5.32 Å². The van der Waals surface area contributed by atoms with E-state index in [0.29, 0.717) is 39.0 Å². The average Bonchev–Trinajstić information content (AvgIpc) is 3.12. The molecule has 23 heavy (non-hydrogen) atoms. The molecule has 3 rings (SSSR count). The standard InChI is InChI=1S/C16H25FN2O4/c17-9-15(4-6-23-7-5-15)10-18-14(22)19-8-12-2-1-3-16(12,11-19)13(20)21/h12H,1-11H2,(H,18,22)(H,20,21)/t12-,16+/m0/s1. The third kappa shape index (κ3) is 2.91. The number of aliphatic carboxylic acids is 1. The van der Waals surface area contributed by atoms with E-state index in [1.807, 2.05) is 0 Å². The minimum absolute atomic E-state index is 0.0453. The van der Waals surface area contributed by atoms with Crippen LogP contribution in [-0.4, -0.2) is 61.5 Å². The highest BCUT2D eigenvalue weighted by atomic mass is 19.1. The van der Waals surface area contributed by atoms with Crippen LogP contribution in [0.2, 0.25) is 0 Å². The molecule has 2 N–H and O–H groups in total. The van der Waals surface area contributed by atoms with Gasteiger partial charge in [0.15, 0.2) is 0 Å². The van der Waals surface area contributed by atoms with Gasteiger partial charge in [0.1, 0.15) is 0 Å². The van der Waals surface area contributed by atoms with Gasteiger partial charge >= 0.3 is 12.0 Å². The number of halogens is 1. The summed E-state index contributed by atoms with van der Waals surface area (Å²) >= 11 is 0. The number of likely N-dealkylation sites (tertiary alicyclic amines) is 1. The molecule has 0 aromatic heterocycles. The number of ether oxygens (including phenoxy) is 1. The molecular weight excluding hydrogens is 303 g/mol. The van der Waals surface area contributed by atoms with Crippen LogP contribution in [0.25, 0.3) is 0 Å². The first-order valence-electron chi connectivity index (χ1n) is 8.41. The van der Waals surface area contributed by atoms with Crippen LogP contribution in [0, 0.1) is 16.7 Å². The quantitative estimate of drug-likeness (QED) is 0.822. The van der Waals surface area contributed by atoms with E-state index >= 15 is 0 Å². The summed E-state index contributed by atoms with van der Waals surface area (Å²) in [5.41, 5.74) is -1.30. The molecule has 2 heterocycles. The first-order valence-corrected chi connectivity index (χ1v) is 8.41. The van der Waals surface area contributed by atoms with Crippen LogP contribution in [-0.2, 0) is 9.53 Å². The van der Waals surface area contributed by atoms with Crippen LogP contribution in [0.1, 0.15) is 32.1 Å². The van der Waals surface area contributed by atoms with Crippen LogP contribution in [0.4, 0.5) is 9.18 Å². The predicted molar refractivity (Wildman–Crippen MR) is 80.8 cm³/mol. The number of alkyl halides is 1. The Balaban J connectivity index is 1.58. The van der Waals surface area contributed by atoms with Crippen molar-refractivity contribution in [3.05, 3.63) is 0 Å². The zero-order valence-electron chi connectivity index (χ0n) is 13.4. The zero-order valence-corrected chi connectivity index (χ0v) is 13.4. The Morgan fingerprint density at radius 2 is 2.04 bits per heavy atom. The third-order valence-electron chi connectivity index (χ3n) is 6.04. The van der Waals surface area contributed by atoms with Gasteiger partial charge < -0.3 is 20.1 Å². The lowest BCUT2D eigenvalue weighted by Crippen LogP contribution is -2.47. The molecular formula is C16H25FN2O4. The maximum Gasteiger partial charge on any atom is 0.317 e. The van der Waals surface area contributed by atoms with E-state index < -0.39 is 23.5 Å². The number of hydrogen-bond donors (Lipinski definition) is 2. The molecule has 6 nitrogen and oxygen atoms in total. The molecule has 1 saturated carbocycles. The number of nitrogens with zero attached hydrogens (tertiary/aromatic N) is 1. The lowest BCUT2D eigenvalue weighted by atomic mass is 9.81. The van der Waals surface area contributed by atoms with Gasteiger partial charge in [0.05, 0.1) is 12.1 Å². The van der Waals surface area contributed by atoms with Gasteiger partial charge in [-0.15, -0.1) is 0 Å². The molecule has 130 valence electrons. The van der Waals surface area contributed by atoms with Gasteiger partial charge in [-0.05, 0) is 31.6 Å². The fraction of sp³-hybridized carbons (Fsp3) is 0.875. The summed E-state index contributed by atoms with van der Waals surface area (Å²) in [5.74, 6) is -0.746. The predicted octanol–water partition coefficient (Wildman–Crippen LogP) is 1.65. The van der Waals surface area contributed by atoms with Gasteiger partial charge in [-0.2, -0.15) is 0 Å². The van der Waals surface area contributed by atoms with Gasteiger partial charge in [0.2, 0.25) is 0 Å². The number of carbonyl (C=O) groups is 2. The van der Waals surface area contributed by atoms with Gasteiger partial charge in [-0.25, -0.2) is 4.79 Å². The molecule has 1 aliphatic carbocycles. The molecule has 3 fully saturated rings. The maximum absolute atomic E-state index is 13.4. The Hall–Kier alpha value is -1.37. The molecule has 7 heteroatoms. The van der Waals surface area contributed by atoms with E-state index in [0.717, 1.165) is 12.8 Å². The first-order chi connectivity index (χ1) is 11.0. The van der Waals surface area contributed by atoms with E-state index in [9.17, 15) is 19.1 Å². The summed E-state index contributed by atoms with van der Waals surface area (Å²) in [5, 5.41) is 12.4. The van der Waals surface area contributed by atoms with Gasteiger partial charge in [-0.3, -0.25) is 9.18 Å². The molecule has 2 aliphatic heterocycles. The van der Waals surface area contributed by atoms with Crippen LogP contribution in [0.5, 0.6) is 0 Å². The molecule has 0 unspecified atom stereocenters. The van der Waals surface area contributed by atoms with Crippen molar-refractivity contribution < 1.29 is 23.8 Å². The van der Waals surface area contributed by atoms with Gasteiger partial charge in [0.25, 0.3) is 0 Å². The molecule has 2 amide bonds. The van der Waals surface area contributed by atoms with Crippen molar-refractivity contribution in [2.24, 2.45) is 16.7 Å². The fourth-order valence-corrected chi connectivity index (χ4v) is 4.33. The molecule has 0 spiro atoms. The average molecular weight is 328 g/mol. The van der Waals surface area contributed by atoms with Crippen molar-refractivity contribution in [3.8, 4) is 0 Å². The Bertz CT molecular complexity index is 481. The highest BCUT2D eigenvalue weighted by Crippen LogP contribution is 2.48. The molecule has 2 atom stereocenters. The summed E-state index contributed by atoms with van der Waals surface area (Å²) in [6.45, 7) is 1.61. The highest BCUT2D eigenvalue weighted by Gasteiger charge is 2.55. The smallest absolute Gasteiger partial charge is 0.317 e. The summed E-state index contributed by atoms with van der Waals surface area (Å²) in [7, 11) is 0. The van der Waals surface area contributed by atoms with E-state index in [1.54, 1.807) is 4.90 Å². The summed E-state index contributed by atoms with van der Waals surface area (Å²) in [6.07, 6.45) is 3.62. The third-order valence-corrected chi connectivity index (χ3v) is 6.04. The number of rotatable bonds is 4. The monoisotopic (exact) mass is 328 g/mol. The molecule has 3 aliphatic rings. The van der Waals surface area contributed by atoms with Gasteiger partial charge in [-0.1, -0.05) is 6.42 Å². The fourth-order valence-electron chi connectivity index (χ4n) is 4.33. The number of hydrogen-bond acceptors (Lipinski definition) is 3. The number of fused-ring (bicyclic) bond motifs is 1. The summed E-state index contributed by atoms with van der Waals surface area (Å²) in [6, 6.07) is -0.264. The summed E-state index contributed by atoms with van der Waals surface area (Å²) in [4.78, 5) is 25.7. The lowest BCUT2D eigenvalue weighted by Gasteiger charge is -2.35. The minimum Gasteiger partial charge on any atom is -0.481 e. The van der Waals surface area contributed by atoms with Gasteiger partial charge in [0, 0.05) is 38.3 Å². The Morgan fingerprint density at radius 1 is 1.30 bits per heavy atom. The van der Waals surface area contributed by atoms with Crippen LogP contribution in [0.15, 0.2) is 0 Å². The van der Waals surface area contributed by atoms with E-state index in [-0.39, 0.29) is 25.0 Å². The SMILES string of the molecule is O=C(NCC1(CF)CCOCC1)N1C[C@@H]2CCC[C@@]2(C(=O)O)C1. The normalized spacial score (nSPS) is 32.6. The molecule has 2 saturated heterocycles. The Morgan fingerprint density at radius 3 is 2.65 bits per heavy atom. The van der Waals surface area contributed by atoms with Crippen LogP contribution in [0.3, 0.4) is 0 Å². The minimum atomic E-state index is -0.792. The highest BCUT2D eigenvalue weighted by molar-refractivity contribution is 5.80. The Labute approximate surface area is 135 Å². The Kier molecular flexibility index (Phi) is 4.49. The molecule has 0 bridgehead atoms. The molecule has 0 aromatic carbocycles. The first kappa shape index (κ1) is 16.5. The number of nitrogens with one attached hydrogen (secondary N) is 1. The maximum atomic E-state index is 13.4. The van der Waals surface area contributed by atoms with Crippen molar-refractivity contribution in [3.63, 3.8) is 0 Å². The second-order valence-electron chi connectivity index (χ2n) is 7.34. The van der Waals surface area contributed by atoms with Crippen molar-refractivity contribution in [1.82, 2.24) is 10.2 Å². The van der Waals surface area contributed by atoms with E-state index in [4.69, 9.17) is 4.74 Å². The van der Waals surface area contributed by atoms with E-state index in [1.165, 1.54) is 0 Å². The van der Waals surface area contributed by atoms with Crippen LogP contribution < -0.4 is 5.32 Å². The number of urea groups is 1. The molecule has 0 aromatic rings. The van der Waals surface area contributed by atoms with Crippen molar-refractivity contribution in [2.45, 2.75) is 32.1 Å². The van der Waals surface area contributed by atoms with Crippen molar-refractivity contribution in [2.75, 3.05) is 39.5 Å². The zero-order chi connectivity index (χ0) is 16.5.